The zero-order valence-corrected chi connectivity index (χ0v) is 15.9. The minimum Gasteiger partial charge on any atom is -0.507 e. The van der Waals surface area contributed by atoms with Gasteiger partial charge in [-0.05, 0) is 51.0 Å². The Morgan fingerprint density at radius 1 is 0.960 bits per heavy atom. The van der Waals surface area contributed by atoms with Gasteiger partial charge in [-0.1, -0.05) is 40.2 Å². The maximum absolute atomic E-state index is 12.3. The molecule has 0 atom stereocenters. The molecule has 0 aliphatic carbocycles. The second-order valence-corrected chi connectivity index (χ2v) is 6.95. The third-order valence-corrected chi connectivity index (χ3v) is 4.87. The van der Waals surface area contributed by atoms with Crippen LogP contribution in [0.4, 0.5) is 0 Å². The molecule has 1 amide bonds. The van der Waals surface area contributed by atoms with Crippen LogP contribution < -0.4 is 5.43 Å². The molecule has 0 bridgehead atoms. The number of hydrogen-bond donors (Lipinski definition) is 3. The number of hydrazone groups is 1. The molecule has 7 heteroatoms. The fourth-order valence-corrected chi connectivity index (χ4v) is 3.38. The van der Waals surface area contributed by atoms with Crippen LogP contribution in [0.25, 0.3) is 10.8 Å². The molecule has 0 aromatic heterocycles. The number of phenols is 2. The Labute approximate surface area is 160 Å². The van der Waals surface area contributed by atoms with Crippen LogP contribution in [0.1, 0.15) is 15.9 Å². The van der Waals surface area contributed by atoms with E-state index >= 15 is 0 Å². The lowest BCUT2D eigenvalue weighted by Gasteiger charge is -2.06. The van der Waals surface area contributed by atoms with Gasteiger partial charge in [-0.2, -0.15) is 5.10 Å². The molecule has 0 saturated carbocycles. The van der Waals surface area contributed by atoms with Crippen molar-refractivity contribution in [2.75, 3.05) is 0 Å². The minimum absolute atomic E-state index is 0.0585. The summed E-state index contributed by atoms with van der Waals surface area (Å²) in [6.07, 6.45) is 1.40. The molecule has 3 aromatic carbocycles. The minimum atomic E-state index is -0.531. The molecule has 0 fully saturated rings. The van der Waals surface area contributed by atoms with Crippen LogP contribution in [0, 0.1) is 0 Å². The van der Waals surface area contributed by atoms with E-state index in [0.29, 0.717) is 14.5 Å². The number of rotatable bonds is 3. The van der Waals surface area contributed by atoms with E-state index in [0.717, 1.165) is 10.8 Å². The fourth-order valence-electron chi connectivity index (χ4n) is 2.28. The predicted octanol–water partition coefficient (Wildman–Crippen LogP) is 4.54. The summed E-state index contributed by atoms with van der Waals surface area (Å²) >= 11 is 6.55. The van der Waals surface area contributed by atoms with E-state index in [1.54, 1.807) is 12.1 Å². The lowest BCUT2D eigenvalue weighted by molar-refractivity contribution is 0.0952. The number of nitrogens with one attached hydrogen (secondary N) is 1. The van der Waals surface area contributed by atoms with Gasteiger partial charge in [0, 0.05) is 10.0 Å². The van der Waals surface area contributed by atoms with Gasteiger partial charge in [0.15, 0.2) is 0 Å². The van der Waals surface area contributed by atoms with E-state index in [1.807, 2.05) is 24.3 Å². The zero-order valence-electron chi connectivity index (χ0n) is 12.7. The number of amides is 1. The normalized spacial score (nSPS) is 11.1. The number of nitrogens with zero attached hydrogens (tertiary/aromatic N) is 1. The molecular formula is C18H12Br2N2O3. The van der Waals surface area contributed by atoms with Crippen molar-refractivity contribution in [2.45, 2.75) is 0 Å². The van der Waals surface area contributed by atoms with Gasteiger partial charge in [-0.15, -0.1) is 0 Å². The number of fused-ring (bicyclic) bond motifs is 1. The van der Waals surface area contributed by atoms with Gasteiger partial charge in [-0.3, -0.25) is 4.79 Å². The van der Waals surface area contributed by atoms with Crippen molar-refractivity contribution in [3.8, 4) is 11.5 Å². The quantitative estimate of drug-likeness (QED) is 0.394. The molecule has 3 aromatic rings. The van der Waals surface area contributed by atoms with E-state index in [1.165, 1.54) is 18.3 Å². The standard InChI is InChI=1S/C18H12Br2N2O3/c19-14-8-15(20)17(24)7-12(14)9-21-22-18(25)13-5-10-3-1-2-4-11(10)6-16(13)23/h1-9,23-24H,(H,22,25)/b21-9-. The van der Waals surface area contributed by atoms with Crippen LogP contribution in [0.5, 0.6) is 11.5 Å². The molecular weight excluding hydrogens is 452 g/mol. The average molecular weight is 464 g/mol. The second kappa shape index (κ2) is 7.25. The van der Waals surface area contributed by atoms with Gasteiger partial charge < -0.3 is 10.2 Å². The van der Waals surface area contributed by atoms with E-state index in [9.17, 15) is 15.0 Å². The van der Waals surface area contributed by atoms with Crippen molar-refractivity contribution < 1.29 is 15.0 Å². The topological polar surface area (TPSA) is 81.9 Å². The second-order valence-electron chi connectivity index (χ2n) is 5.24. The summed E-state index contributed by atoms with van der Waals surface area (Å²) in [5.41, 5.74) is 3.09. The van der Waals surface area contributed by atoms with Crippen molar-refractivity contribution in [3.05, 3.63) is 68.6 Å². The molecule has 0 heterocycles. The van der Waals surface area contributed by atoms with E-state index in [-0.39, 0.29) is 17.1 Å². The molecule has 0 radical (unpaired) electrons. The van der Waals surface area contributed by atoms with Crippen LogP contribution in [-0.4, -0.2) is 22.3 Å². The molecule has 0 unspecified atom stereocenters. The van der Waals surface area contributed by atoms with Crippen molar-refractivity contribution in [1.29, 1.82) is 0 Å². The number of hydrogen-bond acceptors (Lipinski definition) is 4. The Bertz CT molecular complexity index is 1000. The van der Waals surface area contributed by atoms with Crippen LogP contribution >= 0.6 is 31.9 Å². The molecule has 25 heavy (non-hydrogen) atoms. The highest BCUT2D eigenvalue weighted by Crippen LogP contribution is 2.29. The molecule has 0 aliphatic rings. The first-order chi connectivity index (χ1) is 12.0. The summed E-state index contributed by atoms with van der Waals surface area (Å²) in [4.78, 5) is 12.3. The Hall–Kier alpha value is -2.38. The summed E-state index contributed by atoms with van der Waals surface area (Å²) in [6, 6.07) is 13.7. The highest BCUT2D eigenvalue weighted by molar-refractivity contribution is 9.11. The highest BCUT2D eigenvalue weighted by atomic mass is 79.9. The summed E-state index contributed by atoms with van der Waals surface area (Å²) < 4.78 is 1.24. The molecule has 126 valence electrons. The Kier molecular flexibility index (Phi) is 5.06. The largest absolute Gasteiger partial charge is 0.507 e. The number of benzene rings is 3. The monoisotopic (exact) mass is 462 g/mol. The van der Waals surface area contributed by atoms with Crippen molar-refractivity contribution in [3.63, 3.8) is 0 Å². The van der Waals surface area contributed by atoms with Crippen LogP contribution in [-0.2, 0) is 0 Å². The van der Waals surface area contributed by atoms with Crippen LogP contribution in [0.15, 0.2) is 62.6 Å². The zero-order chi connectivity index (χ0) is 18.0. The Balaban J connectivity index is 1.81. The summed E-state index contributed by atoms with van der Waals surface area (Å²) in [7, 11) is 0. The Morgan fingerprint density at radius 2 is 1.64 bits per heavy atom. The number of aromatic hydroxyl groups is 2. The smallest absolute Gasteiger partial charge is 0.275 e. The first-order valence-electron chi connectivity index (χ1n) is 7.19. The fraction of sp³-hybridized carbons (Fsp3) is 0. The molecule has 3 rings (SSSR count). The number of carbonyl (C=O) groups is 1. The summed E-state index contributed by atoms with van der Waals surface area (Å²) in [6.45, 7) is 0. The van der Waals surface area contributed by atoms with Gasteiger partial charge >= 0.3 is 0 Å². The Morgan fingerprint density at radius 3 is 2.36 bits per heavy atom. The summed E-state index contributed by atoms with van der Waals surface area (Å²) in [5.74, 6) is -0.589. The van der Waals surface area contributed by atoms with E-state index < -0.39 is 5.91 Å². The van der Waals surface area contributed by atoms with Crippen LogP contribution in [0.2, 0.25) is 0 Å². The van der Waals surface area contributed by atoms with Gasteiger partial charge in [0.05, 0.1) is 16.3 Å². The highest BCUT2D eigenvalue weighted by Gasteiger charge is 2.12. The van der Waals surface area contributed by atoms with Crippen LogP contribution in [0.3, 0.4) is 0 Å². The van der Waals surface area contributed by atoms with E-state index in [4.69, 9.17) is 0 Å². The first kappa shape index (κ1) is 17.4. The lowest BCUT2D eigenvalue weighted by atomic mass is 10.1. The van der Waals surface area contributed by atoms with Gasteiger partial charge in [0.25, 0.3) is 5.91 Å². The molecule has 3 N–H and O–H groups in total. The maximum Gasteiger partial charge on any atom is 0.275 e. The predicted molar refractivity (Wildman–Crippen MR) is 104 cm³/mol. The van der Waals surface area contributed by atoms with Crippen molar-refractivity contribution in [1.82, 2.24) is 5.43 Å². The molecule has 5 nitrogen and oxygen atoms in total. The first-order valence-corrected chi connectivity index (χ1v) is 8.77. The SMILES string of the molecule is O=C(N/N=C\c1cc(O)c(Br)cc1Br)c1cc2ccccc2cc1O. The summed E-state index contributed by atoms with van der Waals surface area (Å²) in [5, 5.41) is 25.3. The molecule has 0 saturated heterocycles. The van der Waals surface area contributed by atoms with Crippen molar-refractivity contribution >= 4 is 54.8 Å². The lowest BCUT2D eigenvalue weighted by Crippen LogP contribution is -2.17. The average Bonchev–Trinajstić information content (AvgIpc) is 2.58. The number of phenolic OH excluding ortho intramolecular Hbond substituents is 2. The van der Waals surface area contributed by atoms with Gasteiger partial charge in [-0.25, -0.2) is 5.43 Å². The van der Waals surface area contributed by atoms with Gasteiger partial charge in [0.2, 0.25) is 0 Å². The van der Waals surface area contributed by atoms with E-state index in [2.05, 4.69) is 42.4 Å². The third-order valence-electron chi connectivity index (χ3n) is 3.54. The molecule has 0 aliphatic heterocycles. The van der Waals surface area contributed by atoms with Gasteiger partial charge in [0.1, 0.15) is 11.5 Å². The molecule has 0 spiro atoms. The van der Waals surface area contributed by atoms with Crippen molar-refractivity contribution in [2.24, 2.45) is 5.10 Å². The number of carbonyl (C=O) groups excluding carboxylic acids is 1. The number of halogens is 2. The third kappa shape index (κ3) is 3.83. The maximum atomic E-state index is 12.3.